The van der Waals surface area contributed by atoms with Crippen LogP contribution in [0.5, 0.6) is 0 Å². The van der Waals surface area contributed by atoms with Gasteiger partial charge in [-0.05, 0) is 12.1 Å². The zero-order valence-corrected chi connectivity index (χ0v) is 12.6. The van der Waals surface area contributed by atoms with E-state index in [0.29, 0.717) is 5.69 Å². The zero-order valence-electron chi connectivity index (χ0n) is 12.6. The van der Waals surface area contributed by atoms with Crippen LogP contribution in [-0.2, 0) is 11.3 Å². The number of nitrogens with one attached hydrogen (secondary N) is 1. The summed E-state index contributed by atoms with van der Waals surface area (Å²) in [5.74, 6) is -3.19. The number of halogens is 2. The Morgan fingerprint density at radius 2 is 2.17 bits per heavy atom. The Kier molecular flexibility index (Phi) is 4.08. The van der Waals surface area contributed by atoms with Gasteiger partial charge >= 0.3 is 0 Å². The van der Waals surface area contributed by atoms with Crippen LogP contribution < -0.4 is 5.32 Å². The second-order valence-corrected chi connectivity index (χ2v) is 5.65. The summed E-state index contributed by atoms with van der Waals surface area (Å²) in [6.07, 6.45) is 1.10. The summed E-state index contributed by atoms with van der Waals surface area (Å²) in [6.45, 7) is -0.239. The highest BCUT2D eigenvalue weighted by molar-refractivity contribution is 5.82. The van der Waals surface area contributed by atoms with Gasteiger partial charge in [0.05, 0.1) is 31.0 Å². The van der Waals surface area contributed by atoms with Crippen molar-refractivity contribution in [3.8, 4) is 5.69 Å². The van der Waals surface area contributed by atoms with Gasteiger partial charge in [0.2, 0.25) is 5.91 Å². The zero-order chi connectivity index (χ0) is 16.4. The molecule has 1 aromatic carbocycles. The summed E-state index contributed by atoms with van der Waals surface area (Å²) < 4.78 is 26.4. The normalized spacial score (nSPS) is 19.7. The molecule has 8 heteroatoms. The molecule has 6 nitrogen and oxygen atoms in total. The lowest BCUT2D eigenvalue weighted by Crippen LogP contribution is -2.41. The smallest absolute Gasteiger partial charge is 0.262 e. The van der Waals surface area contributed by atoms with Crippen molar-refractivity contribution < 1.29 is 13.6 Å². The summed E-state index contributed by atoms with van der Waals surface area (Å²) >= 11 is 0. The van der Waals surface area contributed by atoms with E-state index in [2.05, 4.69) is 15.5 Å². The van der Waals surface area contributed by atoms with Gasteiger partial charge in [-0.25, -0.2) is 8.78 Å². The van der Waals surface area contributed by atoms with Gasteiger partial charge < -0.3 is 4.90 Å². The minimum atomic E-state index is -2.82. The number of hydrogen-bond acceptors (Lipinski definition) is 4. The second-order valence-electron chi connectivity index (χ2n) is 5.65. The Morgan fingerprint density at radius 3 is 2.83 bits per heavy atom. The number of rotatable bonds is 4. The first kappa shape index (κ1) is 15.5. The van der Waals surface area contributed by atoms with Crippen LogP contribution in [0.1, 0.15) is 12.1 Å². The molecule has 0 radical (unpaired) electrons. The van der Waals surface area contributed by atoms with Crippen molar-refractivity contribution in [1.29, 1.82) is 0 Å². The lowest BCUT2D eigenvalue weighted by Gasteiger charge is -2.19. The van der Waals surface area contributed by atoms with Crippen molar-refractivity contribution in [3.63, 3.8) is 0 Å². The maximum atomic E-state index is 13.2. The maximum Gasteiger partial charge on any atom is 0.262 e. The summed E-state index contributed by atoms with van der Waals surface area (Å²) in [6, 6.07) is 8.52. The molecule has 1 aliphatic heterocycles. The fourth-order valence-corrected chi connectivity index (χ4v) is 2.53. The van der Waals surface area contributed by atoms with Crippen LogP contribution in [-0.4, -0.2) is 51.4 Å². The van der Waals surface area contributed by atoms with Crippen LogP contribution in [0.15, 0.2) is 36.5 Å². The Morgan fingerprint density at radius 1 is 1.43 bits per heavy atom. The molecule has 1 atom stereocenters. The second kappa shape index (κ2) is 6.04. The standard InChI is InChI=1S/C15H17F2N5O/c1-21(14(23)13-7-15(16,17)10-18-13)9-11-8-19-22(20-11)12-5-3-2-4-6-12/h2-6,8,13,18H,7,9-10H2,1H3. The molecule has 1 unspecified atom stereocenters. The predicted molar refractivity (Wildman–Crippen MR) is 79.2 cm³/mol. The topological polar surface area (TPSA) is 63.1 Å². The quantitative estimate of drug-likeness (QED) is 0.920. The third-order valence-electron chi connectivity index (χ3n) is 3.71. The van der Waals surface area contributed by atoms with Crippen molar-refractivity contribution in [2.75, 3.05) is 13.6 Å². The minimum Gasteiger partial charge on any atom is -0.338 e. The number of hydrogen-bond donors (Lipinski definition) is 1. The molecule has 0 bridgehead atoms. The monoisotopic (exact) mass is 321 g/mol. The molecule has 3 rings (SSSR count). The Bertz CT molecular complexity index is 688. The average Bonchev–Trinajstić information content (AvgIpc) is 3.14. The third-order valence-corrected chi connectivity index (χ3v) is 3.71. The number of likely N-dealkylation sites (N-methyl/N-ethyl adjacent to an activating group) is 1. The number of nitrogens with zero attached hydrogens (tertiary/aromatic N) is 4. The molecule has 0 spiro atoms. The van der Waals surface area contributed by atoms with Crippen LogP contribution >= 0.6 is 0 Å². The number of alkyl halides is 2. The van der Waals surface area contributed by atoms with Gasteiger partial charge in [0.1, 0.15) is 5.69 Å². The molecule has 1 fully saturated rings. The van der Waals surface area contributed by atoms with E-state index in [1.54, 1.807) is 13.2 Å². The van der Waals surface area contributed by atoms with Gasteiger partial charge in [0.15, 0.2) is 0 Å². The van der Waals surface area contributed by atoms with Gasteiger partial charge in [-0.3, -0.25) is 10.1 Å². The Labute approximate surface area is 132 Å². The van der Waals surface area contributed by atoms with Crippen molar-refractivity contribution in [2.24, 2.45) is 0 Å². The number of carbonyl (C=O) groups is 1. The van der Waals surface area contributed by atoms with Crippen LogP contribution in [0.25, 0.3) is 5.69 Å². The van der Waals surface area contributed by atoms with Crippen LogP contribution in [0.4, 0.5) is 8.78 Å². The van der Waals surface area contributed by atoms with E-state index >= 15 is 0 Å². The Balaban J connectivity index is 1.63. The van der Waals surface area contributed by atoms with E-state index in [1.807, 2.05) is 30.3 Å². The van der Waals surface area contributed by atoms with Gasteiger partial charge in [-0.15, -0.1) is 0 Å². The van der Waals surface area contributed by atoms with E-state index < -0.39 is 24.9 Å². The van der Waals surface area contributed by atoms with Crippen molar-refractivity contribution in [3.05, 3.63) is 42.2 Å². The highest BCUT2D eigenvalue weighted by atomic mass is 19.3. The number of aromatic nitrogens is 3. The van der Waals surface area contributed by atoms with Crippen LogP contribution in [0, 0.1) is 0 Å². The van der Waals surface area contributed by atoms with Crippen molar-refractivity contribution >= 4 is 5.91 Å². The van der Waals surface area contributed by atoms with Crippen LogP contribution in [0.3, 0.4) is 0 Å². The van der Waals surface area contributed by atoms with Gasteiger partial charge in [0.25, 0.3) is 5.92 Å². The molecule has 1 saturated heterocycles. The predicted octanol–water partition coefficient (Wildman–Crippen LogP) is 1.22. The number of para-hydroxylation sites is 1. The number of benzene rings is 1. The van der Waals surface area contributed by atoms with E-state index in [-0.39, 0.29) is 12.5 Å². The maximum absolute atomic E-state index is 13.2. The van der Waals surface area contributed by atoms with E-state index in [1.165, 1.54) is 9.70 Å². The lowest BCUT2D eigenvalue weighted by molar-refractivity contribution is -0.133. The molecule has 23 heavy (non-hydrogen) atoms. The van der Waals surface area contributed by atoms with Gasteiger partial charge in [0, 0.05) is 13.5 Å². The fraction of sp³-hybridized carbons (Fsp3) is 0.400. The first-order valence-electron chi connectivity index (χ1n) is 7.27. The van der Waals surface area contributed by atoms with Gasteiger partial charge in [-0.2, -0.15) is 15.0 Å². The summed E-state index contributed by atoms with van der Waals surface area (Å²) in [5.41, 5.74) is 1.40. The highest BCUT2D eigenvalue weighted by Crippen LogP contribution is 2.26. The van der Waals surface area contributed by atoms with E-state index in [9.17, 15) is 13.6 Å². The highest BCUT2D eigenvalue weighted by Gasteiger charge is 2.43. The number of carbonyl (C=O) groups excluding carboxylic acids is 1. The molecule has 1 aromatic heterocycles. The number of amides is 1. The molecule has 2 aromatic rings. The average molecular weight is 321 g/mol. The van der Waals surface area contributed by atoms with Crippen LogP contribution in [0.2, 0.25) is 0 Å². The lowest BCUT2D eigenvalue weighted by atomic mass is 10.1. The molecule has 1 aliphatic rings. The molecule has 2 heterocycles. The molecule has 122 valence electrons. The summed E-state index contributed by atoms with van der Waals surface area (Å²) in [7, 11) is 1.57. The molecular formula is C15H17F2N5O. The van der Waals surface area contributed by atoms with Gasteiger partial charge in [-0.1, -0.05) is 18.2 Å². The largest absolute Gasteiger partial charge is 0.338 e. The Hall–Kier alpha value is -2.35. The molecule has 1 amide bonds. The van der Waals surface area contributed by atoms with E-state index in [0.717, 1.165) is 5.69 Å². The van der Waals surface area contributed by atoms with Crippen molar-refractivity contribution in [1.82, 2.24) is 25.2 Å². The third kappa shape index (κ3) is 3.53. The summed E-state index contributed by atoms with van der Waals surface area (Å²) in [4.78, 5) is 15.0. The summed E-state index contributed by atoms with van der Waals surface area (Å²) in [5, 5.41) is 11.0. The molecule has 1 N–H and O–H groups in total. The van der Waals surface area contributed by atoms with Crippen molar-refractivity contribution in [2.45, 2.75) is 24.9 Å². The fourth-order valence-electron chi connectivity index (χ4n) is 2.53. The molecule has 0 saturated carbocycles. The SMILES string of the molecule is CN(Cc1cnn(-c2ccccc2)n1)C(=O)C1CC(F)(F)CN1. The first-order chi connectivity index (χ1) is 10.9. The van der Waals surface area contributed by atoms with E-state index in [4.69, 9.17) is 0 Å². The molecular weight excluding hydrogens is 304 g/mol. The minimum absolute atomic E-state index is 0.218. The molecule has 0 aliphatic carbocycles. The first-order valence-corrected chi connectivity index (χ1v) is 7.27.